The van der Waals surface area contributed by atoms with E-state index in [1.807, 2.05) is 0 Å². The third-order valence-electron chi connectivity index (χ3n) is 3.40. The Morgan fingerprint density at radius 1 is 0.833 bits per heavy atom. The molecule has 1 aromatic carbocycles. The number of carbonyl (C=O) groups is 4. The quantitative estimate of drug-likeness (QED) is 0.530. The number of hydrogen-bond donors (Lipinski definition) is 0. The maximum Gasteiger partial charge on any atom is 0.375 e. The number of benzene rings is 1. The zero-order chi connectivity index (χ0) is 17.4. The lowest BCUT2D eigenvalue weighted by molar-refractivity contribution is -0.138. The molecule has 0 bridgehead atoms. The summed E-state index contributed by atoms with van der Waals surface area (Å²) in [5.74, 6) is -3.78. The van der Waals surface area contributed by atoms with E-state index in [0.717, 1.165) is 0 Å². The summed E-state index contributed by atoms with van der Waals surface area (Å²) in [4.78, 5) is 47.7. The van der Waals surface area contributed by atoms with Crippen molar-refractivity contribution in [2.45, 2.75) is 13.8 Å². The van der Waals surface area contributed by atoms with E-state index in [1.165, 1.54) is 12.1 Å². The first kappa shape index (κ1) is 15.7. The van der Waals surface area contributed by atoms with Crippen molar-refractivity contribution in [2.75, 3.05) is 13.2 Å². The van der Waals surface area contributed by atoms with Crippen LogP contribution in [0.2, 0.25) is 0 Å². The predicted molar refractivity (Wildman–Crippen MR) is 76.6 cm³/mol. The minimum absolute atomic E-state index is 0.0388. The SMILES string of the molecule is CCOC(=O)C1=c2cc3c(cc2C(=O)O1)=C(C(=O)OCC)OC3=O. The van der Waals surface area contributed by atoms with Gasteiger partial charge in [0, 0.05) is 10.4 Å². The molecule has 1 aromatic rings. The summed E-state index contributed by atoms with van der Waals surface area (Å²) in [6.07, 6.45) is 0. The van der Waals surface area contributed by atoms with Crippen LogP contribution in [0.15, 0.2) is 12.1 Å². The first-order valence-electron chi connectivity index (χ1n) is 7.19. The van der Waals surface area contributed by atoms with Crippen LogP contribution in [-0.2, 0) is 28.5 Å². The van der Waals surface area contributed by atoms with Crippen molar-refractivity contribution in [3.63, 3.8) is 0 Å². The Morgan fingerprint density at radius 2 is 1.21 bits per heavy atom. The van der Waals surface area contributed by atoms with E-state index in [2.05, 4.69) is 0 Å². The Hall–Kier alpha value is -3.16. The van der Waals surface area contributed by atoms with Gasteiger partial charge in [0.15, 0.2) is 0 Å². The highest BCUT2D eigenvalue weighted by Gasteiger charge is 2.34. The number of hydrogen-bond acceptors (Lipinski definition) is 8. The highest BCUT2D eigenvalue weighted by atomic mass is 16.6. The molecular formula is C16H12O8. The molecule has 0 atom stereocenters. The van der Waals surface area contributed by atoms with E-state index in [4.69, 9.17) is 18.9 Å². The Labute approximate surface area is 135 Å². The van der Waals surface area contributed by atoms with E-state index in [0.29, 0.717) is 0 Å². The van der Waals surface area contributed by atoms with Crippen molar-refractivity contribution in [3.05, 3.63) is 33.7 Å². The van der Waals surface area contributed by atoms with Gasteiger partial charge >= 0.3 is 23.9 Å². The first-order valence-corrected chi connectivity index (χ1v) is 7.19. The van der Waals surface area contributed by atoms with Crippen LogP contribution >= 0.6 is 0 Å². The number of rotatable bonds is 4. The molecule has 0 N–H and O–H groups in total. The van der Waals surface area contributed by atoms with Gasteiger partial charge < -0.3 is 18.9 Å². The zero-order valence-electron chi connectivity index (χ0n) is 12.8. The van der Waals surface area contributed by atoms with Gasteiger partial charge in [0.2, 0.25) is 11.5 Å². The Kier molecular flexibility index (Phi) is 3.80. The fourth-order valence-electron chi connectivity index (χ4n) is 2.42. The van der Waals surface area contributed by atoms with Crippen molar-refractivity contribution in [1.82, 2.24) is 0 Å². The van der Waals surface area contributed by atoms with Crippen LogP contribution in [-0.4, -0.2) is 37.1 Å². The fraction of sp³-hybridized carbons (Fsp3) is 0.250. The second-order valence-corrected chi connectivity index (χ2v) is 4.82. The Balaban J connectivity index is 2.24. The van der Waals surface area contributed by atoms with Gasteiger partial charge in [-0.25, -0.2) is 19.2 Å². The van der Waals surface area contributed by atoms with Gasteiger partial charge in [0.25, 0.3) is 0 Å². The minimum Gasteiger partial charge on any atom is -0.460 e. The van der Waals surface area contributed by atoms with E-state index < -0.39 is 23.9 Å². The Morgan fingerprint density at radius 3 is 1.54 bits per heavy atom. The van der Waals surface area contributed by atoms with Crippen LogP contribution in [0.3, 0.4) is 0 Å². The molecule has 0 amide bonds. The summed E-state index contributed by atoms with van der Waals surface area (Å²) < 4.78 is 19.5. The van der Waals surface area contributed by atoms with Crippen LogP contribution in [0.5, 0.6) is 0 Å². The second kappa shape index (κ2) is 5.80. The number of cyclic esters (lactones) is 2. The van der Waals surface area contributed by atoms with E-state index in [-0.39, 0.29) is 46.3 Å². The van der Waals surface area contributed by atoms with Gasteiger partial charge in [-0.05, 0) is 26.0 Å². The second-order valence-electron chi connectivity index (χ2n) is 4.82. The van der Waals surface area contributed by atoms with Crippen molar-refractivity contribution in [3.8, 4) is 0 Å². The molecular weight excluding hydrogens is 320 g/mol. The minimum atomic E-state index is -0.814. The van der Waals surface area contributed by atoms with Crippen LogP contribution in [0.25, 0.3) is 11.5 Å². The smallest absolute Gasteiger partial charge is 0.375 e. The molecule has 24 heavy (non-hydrogen) atoms. The largest absolute Gasteiger partial charge is 0.460 e. The topological polar surface area (TPSA) is 105 Å². The lowest BCUT2D eigenvalue weighted by Gasteiger charge is -2.01. The van der Waals surface area contributed by atoms with Crippen molar-refractivity contribution < 1.29 is 38.1 Å². The molecule has 2 aliphatic rings. The average Bonchev–Trinajstić information content (AvgIpc) is 3.05. The normalized spacial score (nSPS) is 14.8. The molecule has 0 aromatic heterocycles. The van der Waals surface area contributed by atoms with Gasteiger partial charge in [-0.2, -0.15) is 0 Å². The molecule has 0 fully saturated rings. The predicted octanol–water partition coefficient (Wildman–Crippen LogP) is -0.630. The van der Waals surface area contributed by atoms with Gasteiger partial charge in [0.05, 0.1) is 24.3 Å². The highest BCUT2D eigenvalue weighted by Crippen LogP contribution is 2.17. The molecule has 0 saturated carbocycles. The maximum absolute atomic E-state index is 12.0. The highest BCUT2D eigenvalue weighted by molar-refractivity contribution is 6.17. The van der Waals surface area contributed by atoms with Crippen LogP contribution < -0.4 is 10.4 Å². The number of carbonyl (C=O) groups excluding carboxylic acids is 4. The summed E-state index contributed by atoms with van der Waals surface area (Å²) in [6.45, 7) is 3.42. The van der Waals surface area contributed by atoms with E-state index >= 15 is 0 Å². The van der Waals surface area contributed by atoms with E-state index in [9.17, 15) is 19.2 Å². The van der Waals surface area contributed by atoms with Crippen molar-refractivity contribution >= 4 is 35.4 Å². The summed E-state index contributed by atoms with van der Waals surface area (Å²) in [7, 11) is 0. The summed E-state index contributed by atoms with van der Waals surface area (Å²) in [5, 5.41) is 0.249. The molecule has 2 aliphatic heterocycles. The number of fused-ring (bicyclic) bond motifs is 2. The summed E-state index contributed by atoms with van der Waals surface area (Å²) >= 11 is 0. The monoisotopic (exact) mass is 332 g/mol. The molecule has 124 valence electrons. The molecule has 8 heteroatoms. The molecule has 8 nitrogen and oxygen atoms in total. The third kappa shape index (κ3) is 2.32. The van der Waals surface area contributed by atoms with Gasteiger partial charge in [-0.3, -0.25) is 0 Å². The molecule has 0 saturated heterocycles. The van der Waals surface area contributed by atoms with E-state index in [1.54, 1.807) is 13.8 Å². The fourth-order valence-corrected chi connectivity index (χ4v) is 2.42. The maximum atomic E-state index is 12.0. The van der Waals surface area contributed by atoms with Crippen molar-refractivity contribution in [1.29, 1.82) is 0 Å². The molecule has 0 radical (unpaired) electrons. The first-order chi connectivity index (χ1) is 11.5. The van der Waals surface area contributed by atoms with Gasteiger partial charge in [-0.1, -0.05) is 0 Å². The summed E-state index contributed by atoms with van der Waals surface area (Å²) in [5.41, 5.74) is 0.0776. The molecule has 3 rings (SSSR count). The number of ether oxygens (including phenoxy) is 4. The molecule has 0 spiro atoms. The Bertz CT molecular complexity index is 833. The molecule has 0 unspecified atom stereocenters. The summed E-state index contributed by atoms with van der Waals surface area (Å²) in [6, 6.07) is 2.55. The number of esters is 4. The van der Waals surface area contributed by atoms with Gasteiger partial charge in [0.1, 0.15) is 0 Å². The van der Waals surface area contributed by atoms with Crippen LogP contribution in [0.1, 0.15) is 34.6 Å². The lowest BCUT2D eigenvalue weighted by Crippen LogP contribution is -2.22. The zero-order valence-corrected chi connectivity index (χ0v) is 12.8. The molecule has 0 aliphatic carbocycles. The van der Waals surface area contributed by atoms with Crippen LogP contribution in [0, 0.1) is 0 Å². The standard InChI is InChI=1S/C16H12O8/c1-3-21-15(19)11-7-5-10-8(6-9(7)13(17)23-11)12(24-14(10)18)16(20)22-4-2/h5-6H,3-4H2,1-2H3. The third-order valence-corrected chi connectivity index (χ3v) is 3.40. The van der Waals surface area contributed by atoms with Crippen molar-refractivity contribution in [2.24, 2.45) is 0 Å². The van der Waals surface area contributed by atoms with Crippen LogP contribution in [0.4, 0.5) is 0 Å². The molecule has 2 heterocycles. The average molecular weight is 332 g/mol. The lowest BCUT2D eigenvalue weighted by atomic mass is 10.1. The van der Waals surface area contributed by atoms with Gasteiger partial charge in [-0.15, -0.1) is 0 Å².